The number of β-amino-alcohol motifs (C(OH)–C–C–N with tert-alkyl or cyclic N) is 1. The molecule has 0 unspecified atom stereocenters. The van der Waals surface area contributed by atoms with E-state index in [2.05, 4.69) is 4.99 Å². The van der Waals surface area contributed by atoms with Crippen LogP contribution in [-0.2, 0) is 10.0 Å². The van der Waals surface area contributed by atoms with Crippen molar-refractivity contribution in [2.45, 2.75) is 29.7 Å². The number of hydrogen-bond donors (Lipinski definition) is 1. The summed E-state index contributed by atoms with van der Waals surface area (Å²) < 4.78 is 26.4. The molecule has 0 radical (unpaired) electrons. The fourth-order valence-corrected chi connectivity index (χ4v) is 5.31. The van der Waals surface area contributed by atoms with Gasteiger partial charge in [-0.2, -0.15) is 4.31 Å². The van der Waals surface area contributed by atoms with Crippen LogP contribution in [0.5, 0.6) is 0 Å². The molecule has 2 atom stereocenters. The van der Waals surface area contributed by atoms with E-state index < -0.39 is 15.7 Å². The van der Waals surface area contributed by atoms with Crippen molar-refractivity contribution < 1.29 is 13.5 Å². The van der Waals surface area contributed by atoms with E-state index in [4.69, 9.17) is 0 Å². The molecule has 7 heteroatoms. The maximum Gasteiger partial charge on any atom is 0.243 e. The molecule has 108 valence electrons. The molecule has 1 fully saturated rings. The molecule has 2 aliphatic rings. The molecule has 20 heavy (non-hydrogen) atoms. The van der Waals surface area contributed by atoms with Crippen molar-refractivity contribution in [3.8, 4) is 0 Å². The van der Waals surface area contributed by atoms with Crippen molar-refractivity contribution in [2.24, 2.45) is 4.99 Å². The summed E-state index contributed by atoms with van der Waals surface area (Å²) in [6.45, 7) is 4.06. The second kappa shape index (κ2) is 4.56. The van der Waals surface area contributed by atoms with Crippen LogP contribution in [0.3, 0.4) is 0 Å². The van der Waals surface area contributed by atoms with Crippen molar-refractivity contribution >= 4 is 26.8 Å². The third-order valence-corrected chi connectivity index (χ3v) is 6.69. The minimum absolute atomic E-state index is 0.0260. The highest BCUT2D eigenvalue weighted by atomic mass is 32.2. The SMILES string of the molecule is CC1=N[C@@]2(O)CN(S(=O)(=O)c3ccc(C)cc3)C[C@@H]2S1. The van der Waals surface area contributed by atoms with Crippen LogP contribution in [0.2, 0.25) is 0 Å². The molecular weight excluding hydrogens is 296 g/mol. The summed E-state index contributed by atoms with van der Waals surface area (Å²) in [5.41, 5.74) is -0.261. The predicted molar refractivity (Wildman–Crippen MR) is 79.4 cm³/mol. The molecule has 3 rings (SSSR count). The van der Waals surface area contributed by atoms with E-state index in [-0.39, 0.29) is 23.2 Å². The number of fused-ring (bicyclic) bond motifs is 1. The van der Waals surface area contributed by atoms with Gasteiger partial charge in [0.2, 0.25) is 10.0 Å². The van der Waals surface area contributed by atoms with Crippen molar-refractivity contribution in [2.75, 3.05) is 13.1 Å². The molecular formula is C13H16N2O3S2. The number of hydrogen-bond acceptors (Lipinski definition) is 5. The van der Waals surface area contributed by atoms with Gasteiger partial charge >= 0.3 is 0 Å². The summed E-state index contributed by atoms with van der Waals surface area (Å²) in [5, 5.41) is 11.0. The average molecular weight is 312 g/mol. The van der Waals surface area contributed by atoms with Crippen LogP contribution >= 0.6 is 11.8 Å². The summed E-state index contributed by atoms with van der Waals surface area (Å²) in [6.07, 6.45) is 0. The molecule has 0 aromatic heterocycles. The molecule has 0 amide bonds. The second-order valence-electron chi connectivity index (χ2n) is 5.23. The number of aryl methyl sites for hydroxylation is 1. The maximum absolute atomic E-state index is 12.6. The van der Waals surface area contributed by atoms with Crippen molar-refractivity contribution in [3.63, 3.8) is 0 Å². The Bertz CT molecular complexity index is 669. The molecule has 1 saturated heterocycles. The molecule has 2 aliphatic heterocycles. The van der Waals surface area contributed by atoms with Gasteiger partial charge in [-0.05, 0) is 26.0 Å². The number of rotatable bonds is 2. The lowest BCUT2D eigenvalue weighted by molar-refractivity contribution is 0.0733. The van der Waals surface area contributed by atoms with Crippen molar-refractivity contribution in [1.29, 1.82) is 0 Å². The molecule has 0 aliphatic carbocycles. The van der Waals surface area contributed by atoms with Gasteiger partial charge in [-0.15, -0.1) is 11.8 Å². The van der Waals surface area contributed by atoms with E-state index >= 15 is 0 Å². The summed E-state index contributed by atoms with van der Waals surface area (Å²) >= 11 is 1.45. The third-order valence-electron chi connectivity index (χ3n) is 3.62. The highest BCUT2D eigenvalue weighted by Crippen LogP contribution is 2.41. The minimum Gasteiger partial charge on any atom is -0.367 e. The number of sulfonamides is 1. The Morgan fingerprint density at radius 1 is 1.35 bits per heavy atom. The van der Waals surface area contributed by atoms with Crippen LogP contribution in [0.4, 0.5) is 0 Å². The van der Waals surface area contributed by atoms with E-state index in [1.54, 1.807) is 24.3 Å². The molecule has 1 aromatic rings. The zero-order valence-electron chi connectivity index (χ0n) is 11.3. The molecule has 0 spiro atoms. The van der Waals surface area contributed by atoms with Crippen LogP contribution in [0.1, 0.15) is 12.5 Å². The topological polar surface area (TPSA) is 70.0 Å². The molecule has 1 aromatic carbocycles. The minimum atomic E-state index is -3.56. The first-order chi connectivity index (χ1) is 9.31. The zero-order chi connectivity index (χ0) is 14.5. The normalized spacial score (nSPS) is 30.4. The Morgan fingerprint density at radius 3 is 2.60 bits per heavy atom. The number of thioether (sulfide) groups is 1. The number of aliphatic hydroxyl groups is 1. The summed E-state index contributed by atoms with van der Waals surface area (Å²) in [7, 11) is -3.56. The Hall–Kier alpha value is -0.890. The lowest BCUT2D eigenvalue weighted by atomic mass is 10.2. The van der Waals surface area contributed by atoms with E-state index in [0.29, 0.717) is 0 Å². The van der Waals surface area contributed by atoms with Gasteiger partial charge in [0.1, 0.15) is 0 Å². The van der Waals surface area contributed by atoms with Gasteiger partial charge in [0.25, 0.3) is 0 Å². The van der Waals surface area contributed by atoms with E-state index in [0.717, 1.165) is 10.6 Å². The quantitative estimate of drug-likeness (QED) is 0.891. The first-order valence-corrected chi connectivity index (χ1v) is 8.65. The van der Waals surface area contributed by atoms with Gasteiger partial charge in [0.05, 0.1) is 21.7 Å². The largest absolute Gasteiger partial charge is 0.367 e. The fraction of sp³-hybridized carbons (Fsp3) is 0.462. The van der Waals surface area contributed by atoms with E-state index in [1.807, 2.05) is 13.8 Å². The number of aliphatic imine (C=N–C) groups is 1. The molecule has 0 saturated carbocycles. The monoisotopic (exact) mass is 312 g/mol. The van der Waals surface area contributed by atoms with Crippen LogP contribution in [0.25, 0.3) is 0 Å². The smallest absolute Gasteiger partial charge is 0.243 e. The van der Waals surface area contributed by atoms with Gasteiger partial charge in [-0.3, -0.25) is 0 Å². The Labute approximate surface area is 122 Å². The Morgan fingerprint density at radius 2 is 2.00 bits per heavy atom. The summed E-state index contributed by atoms with van der Waals surface area (Å²) in [5.74, 6) is 0. The van der Waals surface area contributed by atoms with Gasteiger partial charge in [0, 0.05) is 6.54 Å². The van der Waals surface area contributed by atoms with E-state index in [9.17, 15) is 13.5 Å². The highest BCUT2D eigenvalue weighted by Gasteiger charge is 2.52. The summed E-state index contributed by atoms with van der Waals surface area (Å²) in [4.78, 5) is 4.44. The predicted octanol–water partition coefficient (Wildman–Crippen LogP) is 1.22. The molecule has 2 heterocycles. The average Bonchev–Trinajstić information content (AvgIpc) is 2.80. The van der Waals surface area contributed by atoms with Gasteiger partial charge < -0.3 is 5.11 Å². The van der Waals surface area contributed by atoms with Crippen molar-refractivity contribution in [1.82, 2.24) is 4.31 Å². The first kappa shape index (κ1) is 14.1. The zero-order valence-corrected chi connectivity index (χ0v) is 12.9. The third kappa shape index (κ3) is 2.18. The lowest BCUT2D eigenvalue weighted by Crippen LogP contribution is -2.36. The van der Waals surface area contributed by atoms with Crippen LogP contribution in [-0.4, -0.2) is 46.9 Å². The van der Waals surface area contributed by atoms with Crippen LogP contribution < -0.4 is 0 Å². The standard InChI is InChI=1S/C13H16N2O3S2/c1-9-3-5-11(6-4-9)20(17,18)15-7-12-13(16,8-15)14-10(2)19-12/h3-6,12,16H,7-8H2,1-2H3/t12-,13+/m0/s1. The summed E-state index contributed by atoms with van der Waals surface area (Å²) in [6, 6.07) is 6.75. The van der Waals surface area contributed by atoms with Gasteiger partial charge in [0.15, 0.2) is 5.72 Å². The van der Waals surface area contributed by atoms with Crippen LogP contribution in [0.15, 0.2) is 34.2 Å². The van der Waals surface area contributed by atoms with Crippen molar-refractivity contribution in [3.05, 3.63) is 29.8 Å². The number of benzene rings is 1. The van der Waals surface area contributed by atoms with Gasteiger partial charge in [-0.25, -0.2) is 13.4 Å². The van der Waals surface area contributed by atoms with E-state index in [1.165, 1.54) is 16.1 Å². The molecule has 5 nitrogen and oxygen atoms in total. The first-order valence-electron chi connectivity index (χ1n) is 6.33. The van der Waals surface area contributed by atoms with Crippen LogP contribution in [0, 0.1) is 6.92 Å². The second-order valence-corrected chi connectivity index (χ2v) is 8.56. The highest BCUT2D eigenvalue weighted by molar-refractivity contribution is 8.14. The maximum atomic E-state index is 12.6. The molecule has 1 N–H and O–H groups in total. The lowest BCUT2D eigenvalue weighted by Gasteiger charge is -2.18. The fourth-order valence-electron chi connectivity index (χ4n) is 2.54. The number of nitrogens with zero attached hydrogens (tertiary/aromatic N) is 2. The molecule has 0 bridgehead atoms. The Balaban J connectivity index is 1.90. The van der Waals surface area contributed by atoms with Gasteiger partial charge in [-0.1, -0.05) is 17.7 Å². The Kier molecular flexibility index (Phi) is 3.20.